The van der Waals surface area contributed by atoms with Crippen molar-refractivity contribution in [3.8, 4) is 5.82 Å². The zero-order chi connectivity index (χ0) is 17.1. The molecule has 3 aromatic rings. The van der Waals surface area contributed by atoms with Crippen LogP contribution in [0.1, 0.15) is 15.9 Å². The van der Waals surface area contributed by atoms with Gasteiger partial charge >= 0.3 is 0 Å². The van der Waals surface area contributed by atoms with Crippen molar-refractivity contribution in [3.05, 3.63) is 76.7 Å². The monoisotopic (exact) mass is 388 g/mol. The van der Waals surface area contributed by atoms with Gasteiger partial charge in [-0.25, -0.2) is 14.4 Å². The van der Waals surface area contributed by atoms with Gasteiger partial charge in [-0.1, -0.05) is 15.9 Å². The molecule has 3 rings (SSSR count). The Kier molecular flexibility index (Phi) is 4.71. The van der Waals surface area contributed by atoms with Crippen LogP contribution in [-0.2, 0) is 6.54 Å². The molecular weight excluding hydrogens is 375 g/mol. The molecule has 0 aliphatic heterocycles. The smallest absolute Gasteiger partial charge is 0.255 e. The highest BCUT2D eigenvalue weighted by molar-refractivity contribution is 9.10. The fourth-order valence-corrected chi connectivity index (χ4v) is 2.68. The number of aromatic nitrogens is 3. The summed E-state index contributed by atoms with van der Waals surface area (Å²) in [6, 6.07) is 8.10. The Labute approximate surface area is 146 Å². The van der Waals surface area contributed by atoms with Crippen LogP contribution in [0, 0.1) is 5.82 Å². The highest BCUT2D eigenvalue weighted by Gasteiger charge is 2.15. The molecule has 122 valence electrons. The van der Waals surface area contributed by atoms with E-state index in [4.69, 9.17) is 0 Å². The van der Waals surface area contributed by atoms with E-state index in [1.54, 1.807) is 54.6 Å². The van der Waals surface area contributed by atoms with Crippen molar-refractivity contribution < 1.29 is 9.18 Å². The molecule has 0 radical (unpaired) electrons. The minimum absolute atomic E-state index is 0.174. The van der Waals surface area contributed by atoms with E-state index in [0.29, 0.717) is 16.9 Å². The molecule has 7 heteroatoms. The first kappa shape index (κ1) is 16.3. The fraction of sp³-hybridized carbons (Fsp3) is 0.118. The lowest BCUT2D eigenvalue weighted by molar-refractivity contribution is 0.0783. The molecule has 0 N–H and O–H groups in total. The highest BCUT2D eigenvalue weighted by atomic mass is 79.9. The Morgan fingerprint density at radius 2 is 2.17 bits per heavy atom. The number of benzene rings is 1. The lowest BCUT2D eigenvalue weighted by Gasteiger charge is -2.18. The molecule has 0 aliphatic carbocycles. The van der Waals surface area contributed by atoms with E-state index in [-0.39, 0.29) is 18.3 Å². The Bertz CT molecular complexity index is 850. The van der Waals surface area contributed by atoms with Gasteiger partial charge in [-0.15, -0.1) is 0 Å². The van der Waals surface area contributed by atoms with Gasteiger partial charge in [0.2, 0.25) is 0 Å². The van der Waals surface area contributed by atoms with Crippen LogP contribution in [-0.4, -0.2) is 32.4 Å². The van der Waals surface area contributed by atoms with Crippen LogP contribution in [0.2, 0.25) is 0 Å². The fourth-order valence-electron chi connectivity index (χ4n) is 2.27. The first-order valence-corrected chi connectivity index (χ1v) is 7.97. The van der Waals surface area contributed by atoms with E-state index in [0.717, 1.165) is 4.47 Å². The Morgan fingerprint density at radius 3 is 2.83 bits per heavy atom. The maximum atomic E-state index is 13.8. The van der Waals surface area contributed by atoms with Crippen LogP contribution in [0.4, 0.5) is 4.39 Å². The summed E-state index contributed by atoms with van der Waals surface area (Å²) in [7, 11) is 1.63. The van der Waals surface area contributed by atoms with Crippen molar-refractivity contribution in [1.29, 1.82) is 0 Å². The van der Waals surface area contributed by atoms with E-state index in [2.05, 4.69) is 25.9 Å². The van der Waals surface area contributed by atoms with E-state index >= 15 is 0 Å². The van der Waals surface area contributed by atoms with Crippen molar-refractivity contribution in [2.24, 2.45) is 0 Å². The summed E-state index contributed by atoms with van der Waals surface area (Å²) in [5.41, 5.74) is 0.889. The first-order chi connectivity index (χ1) is 11.5. The van der Waals surface area contributed by atoms with Crippen LogP contribution in [0.5, 0.6) is 0 Å². The normalized spacial score (nSPS) is 10.6. The summed E-state index contributed by atoms with van der Waals surface area (Å²) in [5.74, 6) is 0.107. The van der Waals surface area contributed by atoms with Crippen LogP contribution in [0.25, 0.3) is 5.82 Å². The average molecular weight is 389 g/mol. The lowest BCUT2D eigenvalue weighted by Crippen LogP contribution is -2.26. The van der Waals surface area contributed by atoms with Gasteiger partial charge in [0.25, 0.3) is 5.91 Å². The largest absolute Gasteiger partial charge is 0.337 e. The topological polar surface area (TPSA) is 51.0 Å². The quantitative estimate of drug-likeness (QED) is 0.687. The Balaban J connectivity index is 1.74. The number of halogens is 2. The number of rotatable bonds is 4. The second-order valence-corrected chi connectivity index (χ2v) is 6.19. The van der Waals surface area contributed by atoms with E-state index in [1.807, 2.05) is 0 Å². The van der Waals surface area contributed by atoms with E-state index < -0.39 is 0 Å². The number of amides is 1. The maximum Gasteiger partial charge on any atom is 0.255 e. The number of hydrogen-bond donors (Lipinski definition) is 0. The zero-order valence-electron chi connectivity index (χ0n) is 12.9. The zero-order valence-corrected chi connectivity index (χ0v) is 14.4. The minimum Gasteiger partial charge on any atom is -0.337 e. The molecule has 0 aliphatic rings. The molecule has 2 aromatic heterocycles. The van der Waals surface area contributed by atoms with Crippen molar-refractivity contribution in [1.82, 2.24) is 19.4 Å². The average Bonchev–Trinajstić information content (AvgIpc) is 3.12. The van der Waals surface area contributed by atoms with E-state index in [9.17, 15) is 9.18 Å². The second-order valence-electron chi connectivity index (χ2n) is 5.27. The van der Waals surface area contributed by atoms with Gasteiger partial charge in [0.1, 0.15) is 18.0 Å². The summed E-state index contributed by atoms with van der Waals surface area (Å²) in [6.45, 7) is 0.174. The third-order valence-electron chi connectivity index (χ3n) is 3.53. The summed E-state index contributed by atoms with van der Waals surface area (Å²) < 4.78 is 16.3. The summed E-state index contributed by atoms with van der Waals surface area (Å²) >= 11 is 3.31. The Morgan fingerprint density at radius 1 is 1.33 bits per heavy atom. The molecule has 0 saturated carbocycles. The maximum absolute atomic E-state index is 13.8. The predicted octanol–water partition coefficient (Wildman–Crippen LogP) is 3.44. The van der Waals surface area contributed by atoms with Gasteiger partial charge in [-0.2, -0.15) is 0 Å². The minimum atomic E-state index is -0.341. The van der Waals surface area contributed by atoms with Crippen molar-refractivity contribution in [2.45, 2.75) is 6.54 Å². The third kappa shape index (κ3) is 3.51. The van der Waals surface area contributed by atoms with Gasteiger partial charge < -0.3 is 4.90 Å². The van der Waals surface area contributed by atoms with Crippen LogP contribution < -0.4 is 0 Å². The van der Waals surface area contributed by atoms with Gasteiger partial charge in [0.15, 0.2) is 0 Å². The predicted molar refractivity (Wildman–Crippen MR) is 91.3 cm³/mol. The number of imidazole rings is 1. The second kappa shape index (κ2) is 6.92. The molecule has 0 fully saturated rings. The van der Waals surface area contributed by atoms with Crippen LogP contribution >= 0.6 is 15.9 Å². The summed E-state index contributed by atoms with van der Waals surface area (Å²) in [6.07, 6.45) is 6.56. The van der Waals surface area contributed by atoms with Gasteiger partial charge in [0.05, 0.1) is 5.56 Å². The molecule has 2 heterocycles. The molecule has 24 heavy (non-hydrogen) atoms. The Hall–Kier alpha value is -2.54. The standard InChI is InChI=1S/C17H14BrFN4O/c1-22(10-13-8-14(18)3-4-15(13)19)17(24)12-2-5-16(21-9-12)23-7-6-20-11-23/h2-9,11H,10H2,1H3. The lowest BCUT2D eigenvalue weighted by atomic mass is 10.2. The first-order valence-electron chi connectivity index (χ1n) is 7.18. The molecule has 0 atom stereocenters. The summed E-state index contributed by atoms with van der Waals surface area (Å²) in [4.78, 5) is 22.1. The molecule has 0 bridgehead atoms. The summed E-state index contributed by atoms with van der Waals surface area (Å²) in [5, 5.41) is 0. The molecule has 0 unspecified atom stereocenters. The molecule has 1 aromatic carbocycles. The number of hydrogen-bond acceptors (Lipinski definition) is 3. The SMILES string of the molecule is CN(Cc1cc(Br)ccc1F)C(=O)c1ccc(-n2ccnc2)nc1. The van der Waals surface area contributed by atoms with Gasteiger partial charge in [-0.3, -0.25) is 9.36 Å². The third-order valence-corrected chi connectivity index (χ3v) is 4.02. The van der Waals surface area contributed by atoms with Crippen LogP contribution in [0.15, 0.2) is 59.7 Å². The van der Waals surface area contributed by atoms with Crippen molar-refractivity contribution in [3.63, 3.8) is 0 Å². The number of carbonyl (C=O) groups is 1. The molecule has 0 saturated heterocycles. The number of nitrogens with zero attached hydrogens (tertiary/aromatic N) is 4. The molecular formula is C17H14BrFN4O. The van der Waals surface area contributed by atoms with E-state index in [1.165, 1.54) is 17.2 Å². The number of carbonyl (C=O) groups excluding carboxylic acids is 1. The van der Waals surface area contributed by atoms with Crippen LogP contribution in [0.3, 0.4) is 0 Å². The van der Waals surface area contributed by atoms with Crippen molar-refractivity contribution in [2.75, 3.05) is 7.05 Å². The highest BCUT2D eigenvalue weighted by Crippen LogP contribution is 2.18. The van der Waals surface area contributed by atoms with Gasteiger partial charge in [-0.05, 0) is 30.3 Å². The molecule has 0 spiro atoms. The number of pyridine rings is 1. The molecule has 1 amide bonds. The molecule has 5 nitrogen and oxygen atoms in total. The van der Waals surface area contributed by atoms with Gasteiger partial charge in [0, 0.05) is 42.2 Å². The van der Waals surface area contributed by atoms with Crippen molar-refractivity contribution >= 4 is 21.8 Å².